The summed E-state index contributed by atoms with van der Waals surface area (Å²) < 4.78 is 0. The number of rotatable bonds is 5. The molecular formula is C18H30N4. The number of nitrogens with zero attached hydrogens (tertiary/aromatic N) is 4. The van der Waals surface area contributed by atoms with Crippen molar-refractivity contribution in [3.63, 3.8) is 0 Å². The molecule has 0 radical (unpaired) electrons. The van der Waals surface area contributed by atoms with Crippen LogP contribution in [0.25, 0.3) is 0 Å². The largest absolute Gasteiger partial charge is 0.303 e. The number of aromatic nitrogens is 2. The molecule has 2 aliphatic rings. The smallest absolute Gasteiger partial charge is 0.115 e. The maximum atomic E-state index is 4.43. The van der Waals surface area contributed by atoms with Gasteiger partial charge in [0.1, 0.15) is 6.33 Å². The lowest BCUT2D eigenvalue weighted by molar-refractivity contribution is 0.112. The molecular weight excluding hydrogens is 272 g/mol. The Labute approximate surface area is 134 Å². The van der Waals surface area contributed by atoms with Crippen LogP contribution in [0.2, 0.25) is 0 Å². The van der Waals surface area contributed by atoms with E-state index >= 15 is 0 Å². The van der Waals surface area contributed by atoms with Gasteiger partial charge in [-0.25, -0.2) is 9.97 Å². The van der Waals surface area contributed by atoms with Crippen molar-refractivity contribution in [3.8, 4) is 0 Å². The van der Waals surface area contributed by atoms with Gasteiger partial charge in [0.15, 0.2) is 0 Å². The van der Waals surface area contributed by atoms with E-state index in [0.29, 0.717) is 11.3 Å². The molecule has 4 heteroatoms. The van der Waals surface area contributed by atoms with Crippen LogP contribution in [0.3, 0.4) is 0 Å². The molecule has 2 aliphatic heterocycles. The molecule has 0 aromatic carbocycles. The number of piperidine rings is 1. The van der Waals surface area contributed by atoms with Crippen molar-refractivity contribution in [1.29, 1.82) is 0 Å². The fourth-order valence-corrected chi connectivity index (χ4v) is 4.13. The minimum Gasteiger partial charge on any atom is -0.303 e. The highest BCUT2D eigenvalue weighted by atomic mass is 15.2. The summed E-state index contributed by atoms with van der Waals surface area (Å²) in [5.74, 6) is 0.626. The van der Waals surface area contributed by atoms with Crippen LogP contribution in [0.1, 0.15) is 51.1 Å². The predicted molar refractivity (Wildman–Crippen MR) is 89.9 cm³/mol. The Morgan fingerprint density at radius 1 is 1.05 bits per heavy atom. The van der Waals surface area contributed by atoms with Crippen molar-refractivity contribution < 1.29 is 0 Å². The summed E-state index contributed by atoms with van der Waals surface area (Å²) in [5, 5.41) is 0. The zero-order chi connectivity index (χ0) is 15.4. The van der Waals surface area contributed by atoms with Gasteiger partial charge in [-0.2, -0.15) is 0 Å². The molecule has 0 N–H and O–H groups in total. The molecule has 1 aromatic heterocycles. The summed E-state index contributed by atoms with van der Waals surface area (Å²) in [7, 11) is 0. The van der Waals surface area contributed by atoms with Gasteiger partial charge in [0.25, 0.3) is 0 Å². The molecule has 0 atom stereocenters. The van der Waals surface area contributed by atoms with E-state index in [1.165, 1.54) is 70.6 Å². The normalized spacial score (nSPS) is 22.3. The molecule has 4 nitrogen and oxygen atoms in total. The van der Waals surface area contributed by atoms with Crippen molar-refractivity contribution >= 4 is 0 Å². The predicted octanol–water partition coefficient (Wildman–Crippen LogP) is 2.78. The van der Waals surface area contributed by atoms with Crippen molar-refractivity contribution in [2.75, 3.05) is 39.3 Å². The van der Waals surface area contributed by atoms with E-state index in [9.17, 15) is 0 Å². The first-order valence-electron chi connectivity index (χ1n) is 8.83. The van der Waals surface area contributed by atoms with Gasteiger partial charge in [-0.1, -0.05) is 13.8 Å². The van der Waals surface area contributed by atoms with Crippen LogP contribution in [-0.2, 0) is 0 Å². The van der Waals surface area contributed by atoms with Crippen molar-refractivity contribution in [1.82, 2.24) is 19.8 Å². The Morgan fingerprint density at radius 2 is 1.68 bits per heavy atom. The van der Waals surface area contributed by atoms with Gasteiger partial charge in [0.2, 0.25) is 0 Å². The molecule has 0 spiro atoms. The van der Waals surface area contributed by atoms with Crippen LogP contribution in [0, 0.1) is 5.41 Å². The van der Waals surface area contributed by atoms with Crippen LogP contribution in [-0.4, -0.2) is 59.0 Å². The fraction of sp³-hybridized carbons (Fsp3) is 0.778. The lowest BCUT2D eigenvalue weighted by Crippen LogP contribution is -2.44. The highest BCUT2D eigenvalue weighted by Crippen LogP contribution is 2.29. The third-order valence-electron chi connectivity index (χ3n) is 5.11. The van der Waals surface area contributed by atoms with E-state index in [4.69, 9.17) is 0 Å². The zero-order valence-electron chi connectivity index (χ0n) is 14.2. The summed E-state index contributed by atoms with van der Waals surface area (Å²) in [6.07, 6.45) is 8.79. The molecule has 3 rings (SSSR count). The molecule has 0 amide bonds. The maximum absolute atomic E-state index is 4.43. The Kier molecular flexibility index (Phi) is 5.09. The van der Waals surface area contributed by atoms with E-state index in [1.54, 1.807) is 6.33 Å². The van der Waals surface area contributed by atoms with E-state index < -0.39 is 0 Å². The highest BCUT2D eigenvalue weighted by Gasteiger charge is 2.29. The van der Waals surface area contributed by atoms with Gasteiger partial charge in [0.05, 0.1) is 0 Å². The Morgan fingerprint density at radius 3 is 2.27 bits per heavy atom. The Hall–Kier alpha value is -1.00. The third-order valence-corrected chi connectivity index (χ3v) is 5.11. The number of hydrogen-bond donors (Lipinski definition) is 0. The molecule has 3 heterocycles. The number of hydrogen-bond acceptors (Lipinski definition) is 4. The molecule has 122 valence electrons. The van der Waals surface area contributed by atoms with Crippen LogP contribution >= 0.6 is 0 Å². The summed E-state index contributed by atoms with van der Waals surface area (Å²) in [6, 6.07) is 2.08. The lowest BCUT2D eigenvalue weighted by atomic mass is 9.88. The molecule has 2 saturated heterocycles. The zero-order valence-corrected chi connectivity index (χ0v) is 14.2. The Balaban J connectivity index is 1.46. The van der Waals surface area contributed by atoms with Crippen molar-refractivity contribution in [3.05, 3.63) is 24.3 Å². The highest BCUT2D eigenvalue weighted by molar-refractivity contribution is 5.07. The molecule has 0 bridgehead atoms. The van der Waals surface area contributed by atoms with Gasteiger partial charge < -0.3 is 9.80 Å². The standard InChI is InChI=1S/C18H30N4/c1-18(2,13-21-9-3-4-10-21)14-22-11-6-16(7-12-22)17-5-8-19-15-20-17/h5,8,15-16H,3-4,6-7,9-14H2,1-2H3. The van der Waals surface area contributed by atoms with Gasteiger partial charge in [-0.3, -0.25) is 0 Å². The SMILES string of the molecule is CC(C)(CN1CCCC1)CN1CCC(c2ccncn2)CC1. The van der Waals surface area contributed by atoms with E-state index in [-0.39, 0.29) is 0 Å². The van der Waals surface area contributed by atoms with E-state index in [0.717, 1.165) is 0 Å². The Bertz CT molecular complexity index is 445. The molecule has 2 fully saturated rings. The molecule has 0 unspecified atom stereocenters. The van der Waals surface area contributed by atoms with Gasteiger partial charge in [-0.15, -0.1) is 0 Å². The monoisotopic (exact) mass is 302 g/mol. The second-order valence-electron chi connectivity index (χ2n) is 7.83. The second kappa shape index (κ2) is 7.05. The fourth-order valence-electron chi connectivity index (χ4n) is 4.13. The summed E-state index contributed by atoms with van der Waals surface area (Å²) in [5.41, 5.74) is 1.62. The minimum absolute atomic E-state index is 0.395. The molecule has 0 saturated carbocycles. The second-order valence-corrected chi connectivity index (χ2v) is 7.83. The van der Waals surface area contributed by atoms with Crippen LogP contribution in [0.15, 0.2) is 18.6 Å². The van der Waals surface area contributed by atoms with Crippen LogP contribution in [0.5, 0.6) is 0 Å². The van der Waals surface area contributed by atoms with Crippen molar-refractivity contribution in [2.24, 2.45) is 5.41 Å². The lowest BCUT2D eigenvalue weighted by Gasteiger charge is -2.38. The average Bonchev–Trinajstić information content (AvgIpc) is 3.00. The van der Waals surface area contributed by atoms with Gasteiger partial charge in [-0.05, 0) is 63.3 Å². The van der Waals surface area contributed by atoms with Crippen LogP contribution < -0.4 is 0 Å². The summed E-state index contributed by atoms with van der Waals surface area (Å²) in [6.45, 7) is 12.4. The first-order chi connectivity index (χ1) is 10.6. The molecule has 22 heavy (non-hydrogen) atoms. The minimum atomic E-state index is 0.395. The first-order valence-corrected chi connectivity index (χ1v) is 8.83. The van der Waals surface area contributed by atoms with Crippen LogP contribution in [0.4, 0.5) is 0 Å². The maximum Gasteiger partial charge on any atom is 0.115 e. The van der Waals surface area contributed by atoms with E-state index in [1.807, 2.05) is 6.20 Å². The third kappa shape index (κ3) is 4.26. The average molecular weight is 302 g/mol. The summed E-state index contributed by atoms with van der Waals surface area (Å²) >= 11 is 0. The quantitative estimate of drug-likeness (QED) is 0.837. The number of likely N-dealkylation sites (tertiary alicyclic amines) is 2. The summed E-state index contributed by atoms with van der Waals surface area (Å²) in [4.78, 5) is 13.8. The molecule has 0 aliphatic carbocycles. The topological polar surface area (TPSA) is 32.3 Å². The van der Waals surface area contributed by atoms with Gasteiger partial charge in [0, 0.05) is 30.9 Å². The first kappa shape index (κ1) is 15.9. The van der Waals surface area contributed by atoms with Crippen molar-refractivity contribution in [2.45, 2.75) is 45.4 Å². The van der Waals surface area contributed by atoms with E-state index in [2.05, 4.69) is 39.7 Å². The van der Waals surface area contributed by atoms with Gasteiger partial charge >= 0.3 is 0 Å². The molecule has 1 aromatic rings.